The van der Waals surface area contributed by atoms with Crippen LogP contribution in [0.1, 0.15) is 60.1 Å². The Labute approximate surface area is 229 Å². The maximum Gasteiger partial charge on any atom is 0.267 e. The van der Waals surface area contributed by atoms with Crippen LogP contribution in [0.15, 0.2) is 53.6 Å². The highest BCUT2D eigenvalue weighted by molar-refractivity contribution is 14.1. The van der Waals surface area contributed by atoms with Crippen LogP contribution >= 0.6 is 22.6 Å². The molecule has 0 aromatic carbocycles. The maximum absolute atomic E-state index is 13.2. The fourth-order valence-electron chi connectivity index (χ4n) is 5.56. The molecular formula is C28H30IN5O3. The molecule has 1 amide bonds. The fraction of sp³-hybridized carbons (Fsp3) is 0.429. The van der Waals surface area contributed by atoms with Crippen molar-refractivity contribution in [2.24, 2.45) is 0 Å². The number of carbonyl (C=O) groups is 1. The molecule has 0 spiro atoms. The highest BCUT2D eigenvalue weighted by Gasteiger charge is 2.38. The van der Waals surface area contributed by atoms with Gasteiger partial charge in [0.2, 0.25) is 0 Å². The molecule has 0 unspecified atom stereocenters. The Morgan fingerprint density at radius 3 is 2.73 bits per heavy atom. The van der Waals surface area contributed by atoms with Crippen molar-refractivity contribution in [2.45, 2.75) is 62.6 Å². The van der Waals surface area contributed by atoms with E-state index in [0.717, 1.165) is 33.2 Å². The lowest BCUT2D eigenvalue weighted by atomic mass is 9.76. The van der Waals surface area contributed by atoms with Crippen LogP contribution in [-0.4, -0.2) is 50.5 Å². The number of hydrogen-bond donors (Lipinski definition) is 2. The van der Waals surface area contributed by atoms with E-state index in [2.05, 4.69) is 43.9 Å². The Morgan fingerprint density at radius 1 is 1.22 bits per heavy atom. The number of rotatable bonds is 5. The number of piperidine rings is 1. The topological polar surface area (TPSA) is 111 Å². The summed E-state index contributed by atoms with van der Waals surface area (Å²) in [4.78, 5) is 33.2. The average Bonchev–Trinajstić information content (AvgIpc) is 2.92. The van der Waals surface area contributed by atoms with Crippen LogP contribution in [-0.2, 0) is 12.0 Å². The van der Waals surface area contributed by atoms with E-state index in [0.29, 0.717) is 45.3 Å². The van der Waals surface area contributed by atoms with Gasteiger partial charge in [-0.3, -0.25) is 23.9 Å². The van der Waals surface area contributed by atoms with Crippen LogP contribution < -0.4 is 10.9 Å². The van der Waals surface area contributed by atoms with Gasteiger partial charge in [0.05, 0.1) is 29.4 Å². The van der Waals surface area contributed by atoms with Gasteiger partial charge < -0.3 is 10.4 Å². The predicted molar refractivity (Wildman–Crippen MR) is 148 cm³/mol. The van der Waals surface area contributed by atoms with Crippen LogP contribution in [0.3, 0.4) is 0 Å². The second-order valence-electron chi connectivity index (χ2n) is 10.1. The minimum atomic E-state index is -0.612. The third-order valence-corrected chi connectivity index (χ3v) is 8.45. The number of carbonyl (C=O) groups excluding carboxylic acids is 1. The zero-order valence-electron chi connectivity index (χ0n) is 20.6. The molecule has 1 aliphatic carbocycles. The van der Waals surface area contributed by atoms with Gasteiger partial charge in [-0.15, -0.1) is 0 Å². The molecule has 8 nitrogen and oxygen atoms in total. The molecule has 4 heterocycles. The number of aliphatic hydroxyl groups excluding tert-OH is 1. The quantitative estimate of drug-likeness (QED) is 0.429. The van der Waals surface area contributed by atoms with Crippen molar-refractivity contribution in [2.75, 3.05) is 13.1 Å². The standard InChI is InChI=1S/C28H30IN5O3/c29-20-8-11-31-25(16-20)28(18-30)9-13-33(14-10-28)17-19-15-21(27(37)34-12-4-3-6-23(19)34)26(36)32-22-5-1-2-7-24(22)35/h3-4,6,8,11-12,15-16,22,24,35H,1-2,5,7,9-10,13-14,17H2,(H,32,36)/t22-,24-/m0/s1. The van der Waals surface area contributed by atoms with Gasteiger partial charge in [-0.05, 0) is 84.2 Å². The molecule has 0 bridgehead atoms. The second-order valence-corrected chi connectivity index (χ2v) is 11.4. The molecule has 5 rings (SSSR count). The van der Waals surface area contributed by atoms with E-state index >= 15 is 0 Å². The molecule has 37 heavy (non-hydrogen) atoms. The lowest BCUT2D eigenvalue weighted by molar-refractivity contribution is 0.0716. The van der Waals surface area contributed by atoms with E-state index in [9.17, 15) is 20.0 Å². The van der Waals surface area contributed by atoms with Crippen molar-refractivity contribution in [3.8, 4) is 6.07 Å². The van der Waals surface area contributed by atoms with Crippen molar-refractivity contribution < 1.29 is 9.90 Å². The zero-order valence-corrected chi connectivity index (χ0v) is 22.7. The Morgan fingerprint density at radius 2 is 2.00 bits per heavy atom. The molecule has 3 aromatic rings. The fourth-order valence-corrected chi connectivity index (χ4v) is 6.02. The van der Waals surface area contributed by atoms with Crippen LogP contribution in [0, 0.1) is 14.9 Å². The van der Waals surface area contributed by atoms with E-state index in [4.69, 9.17) is 0 Å². The minimum absolute atomic E-state index is 0.0860. The molecule has 2 aliphatic rings. The van der Waals surface area contributed by atoms with Crippen molar-refractivity contribution in [1.29, 1.82) is 5.26 Å². The molecule has 2 N–H and O–H groups in total. The SMILES string of the molecule is N#CC1(c2cc(I)ccn2)CCN(Cc2cc(C(=O)N[C@H]3CCCC[C@@H]3O)c(=O)n3ccccc23)CC1. The molecule has 9 heteroatoms. The molecule has 2 fully saturated rings. The van der Waals surface area contributed by atoms with Crippen molar-refractivity contribution >= 4 is 34.0 Å². The largest absolute Gasteiger partial charge is 0.391 e. The highest BCUT2D eigenvalue weighted by atomic mass is 127. The molecule has 192 valence electrons. The Kier molecular flexibility index (Phi) is 7.60. The number of nitrogens with zero attached hydrogens (tertiary/aromatic N) is 4. The molecule has 1 aliphatic heterocycles. The molecule has 3 aromatic heterocycles. The van der Waals surface area contributed by atoms with Gasteiger partial charge in [-0.1, -0.05) is 18.9 Å². The van der Waals surface area contributed by atoms with Crippen molar-refractivity contribution in [1.82, 2.24) is 19.6 Å². The van der Waals surface area contributed by atoms with E-state index in [1.54, 1.807) is 24.5 Å². The van der Waals surface area contributed by atoms with Crippen LogP contribution in [0.25, 0.3) is 5.52 Å². The number of amides is 1. The lowest BCUT2D eigenvalue weighted by Crippen LogP contribution is -2.46. The lowest BCUT2D eigenvalue weighted by Gasteiger charge is -2.37. The van der Waals surface area contributed by atoms with E-state index in [-0.39, 0.29) is 17.2 Å². The van der Waals surface area contributed by atoms with E-state index < -0.39 is 17.4 Å². The van der Waals surface area contributed by atoms with Crippen molar-refractivity contribution in [3.05, 3.63) is 79.5 Å². The van der Waals surface area contributed by atoms with Crippen LogP contribution in [0.5, 0.6) is 0 Å². The normalized spacial score (nSPS) is 21.9. The third-order valence-electron chi connectivity index (χ3n) is 7.78. The number of aliphatic hydroxyl groups is 1. The third kappa shape index (κ3) is 5.28. The van der Waals surface area contributed by atoms with E-state index in [1.165, 1.54) is 4.40 Å². The summed E-state index contributed by atoms with van der Waals surface area (Å²) < 4.78 is 2.59. The highest BCUT2D eigenvalue weighted by Crippen LogP contribution is 2.35. The van der Waals surface area contributed by atoms with Gasteiger partial charge in [-0.25, -0.2) is 0 Å². The zero-order chi connectivity index (χ0) is 26.0. The molecule has 0 radical (unpaired) electrons. The van der Waals surface area contributed by atoms with Gasteiger partial charge in [-0.2, -0.15) is 5.26 Å². The maximum atomic E-state index is 13.2. The average molecular weight is 611 g/mol. The number of nitrogens with one attached hydrogen (secondary N) is 1. The molecular weight excluding hydrogens is 581 g/mol. The molecule has 1 saturated carbocycles. The number of nitriles is 1. The first-order valence-electron chi connectivity index (χ1n) is 12.8. The van der Waals surface area contributed by atoms with Gasteiger partial charge in [0.15, 0.2) is 0 Å². The summed E-state index contributed by atoms with van der Waals surface area (Å²) in [6, 6.07) is 13.4. The number of fused-ring (bicyclic) bond motifs is 1. The number of halogens is 1. The van der Waals surface area contributed by atoms with E-state index in [1.807, 2.05) is 24.3 Å². The molecule has 2 atom stereocenters. The number of likely N-dealkylation sites (tertiary alicyclic amines) is 1. The Balaban J connectivity index is 1.39. The predicted octanol–water partition coefficient (Wildman–Crippen LogP) is 3.39. The first-order valence-corrected chi connectivity index (χ1v) is 13.9. The van der Waals surface area contributed by atoms with Crippen molar-refractivity contribution in [3.63, 3.8) is 0 Å². The van der Waals surface area contributed by atoms with Crippen LogP contribution in [0.2, 0.25) is 0 Å². The monoisotopic (exact) mass is 611 g/mol. The summed E-state index contributed by atoms with van der Waals surface area (Å²) in [6.07, 6.45) is 7.43. The first kappa shape index (κ1) is 25.8. The van der Waals surface area contributed by atoms with Gasteiger partial charge in [0.25, 0.3) is 11.5 Å². The smallest absolute Gasteiger partial charge is 0.267 e. The summed E-state index contributed by atoms with van der Waals surface area (Å²) in [6.45, 7) is 1.96. The molecule has 1 saturated heterocycles. The summed E-state index contributed by atoms with van der Waals surface area (Å²) in [5.41, 5.74) is 1.57. The number of pyridine rings is 3. The van der Waals surface area contributed by atoms with Crippen LogP contribution in [0.4, 0.5) is 0 Å². The summed E-state index contributed by atoms with van der Waals surface area (Å²) in [5.74, 6) is -0.442. The van der Waals surface area contributed by atoms with Gasteiger partial charge in [0.1, 0.15) is 11.0 Å². The Bertz CT molecular complexity index is 1410. The Hall–Kier alpha value is -2.81. The summed E-state index contributed by atoms with van der Waals surface area (Å²) in [5, 5.41) is 23.3. The number of aromatic nitrogens is 2. The van der Waals surface area contributed by atoms with Gasteiger partial charge >= 0.3 is 0 Å². The van der Waals surface area contributed by atoms with Gasteiger partial charge in [0, 0.05) is 35.6 Å². The summed E-state index contributed by atoms with van der Waals surface area (Å²) in [7, 11) is 0. The first-order chi connectivity index (χ1) is 17.9. The minimum Gasteiger partial charge on any atom is -0.391 e. The summed E-state index contributed by atoms with van der Waals surface area (Å²) >= 11 is 2.25. The number of hydrogen-bond acceptors (Lipinski definition) is 6. The second kappa shape index (κ2) is 10.9.